The Balaban J connectivity index is 1.79. The minimum Gasteiger partial charge on any atom is -0.377 e. The molecule has 0 radical (unpaired) electrons. The van der Waals surface area contributed by atoms with Gasteiger partial charge in [0.05, 0.1) is 17.9 Å². The lowest BCUT2D eigenvalue weighted by molar-refractivity contribution is 0.449. The predicted molar refractivity (Wildman–Crippen MR) is 66.7 cm³/mol. The lowest BCUT2D eigenvalue weighted by Gasteiger charge is -2.06. The Bertz CT molecular complexity index is 706. The van der Waals surface area contributed by atoms with E-state index in [4.69, 9.17) is 0 Å². The van der Waals surface area contributed by atoms with Gasteiger partial charge in [-0.2, -0.15) is 0 Å². The molecule has 1 N–H and O–H groups in total. The highest BCUT2D eigenvalue weighted by Gasteiger charge is 2.13. The molecule has 7 heteroatoms. The van der Waals surface area contributed by atoms with Gasteiger partial charge in [-0.25, -0.2) is 18.2 Å². The molecule has 3 nitrogen and oxygen atoms in total. The summed E-state index contributed by atoms with van der Waals surface area (Å²) in [6.07, 6.45) is 3.64. The number of hydrogen-bond acceptors (Lipinski definition) is 3. The lowest BCUT2D eigenvalue weighted by atomic mass is 10.2. The molecule has 0 aliphatic carbocycles. The second-order valence-electron chi connectivity index (χ2n) is 3.90. The fourth-order valence-electron chi connectivity index (χ4n) is 1.71. The molecule has 0 spiro atoms. The van der Waals surface area contributed by atoms with Gasteiger partial charge in [-0.1, -0.05) is 0 Å². The van der Waals surface area contributed by atoms with Crippen LogP contribution in [0.1, 0.15) is 5.69 Å². The van der Waals surface area contributed by atoms with Gasteiger partial charge in [-0.05, 0) is 12.1 Å². The van der Waals surface area contributed by atoms with E-state index >= 15 is 0 Å². The van der Waals surface area contributed by atoms with Crippen LogP contribution in [0.15, 0.2) is 29.9 Å². The molecule has 2 aromatic heterocycles. The summed E-state index contributed by atoms with van der Waals surface area (Å²) in [6.45, 7) is 0.233. The summed E-state index contributed by atoms with van der Waals surface area (Å²) in [5, 5.41) is 4.59. The Kier molecular flexibility index (Phi) is 2.90. The zero-order chi connectivity index (χ0) is 13.4. The zero-order valence-corrected chi connectivity index (χ0v) is 10.3. The molecule has 0 aliphatic rings. The number of hydrogen-bond donors (Lipinski definition) is 1. The van der Waals surface area contributed by atoms with E-state index in [9.17, 15) is 13.2 Å². The van der Waals surface area contributed by atoms with Crippen molar-refractivity contribution in [2.75, 3.05) is 5.32 Å². The van der Waals surface area contributed by atoms with Crippen LogP contribution < -0.4 is 5.32 Å². The van der Waals surface area contributed by atoms with E-state index < -0.39 is 17.5 Å². The Morgan fingerprint density at radius 1 is 1.21 bits per heavy atom. The second kappa shape index (κ2) is 4.58. The molecule has 98 valence electrons. The van der Waals surface area contributed by atoms with Gasteiger partial charge < -0.3 is 5.32 Å². The number of benzene rings is 1. The van der Waals surface area contributed by atoms with Crippen molar-refractivity contribution in [2.45, 2.75) is 6.54 Å². The zero-order valence-electron chi connectivity index (χ0n) is 9.53. The van der Waals surface area contributed by atoms with Crippen LogP contribution in [0.3, 0.4) is 0 Å². The third kappa shape index (κ3) is 2.17. The topological polar surface area (TPSA) is 29.3 Å². The molecule has 0 bridgehead atoms. The van der Waals surface area contributed by atoms with Crippen molar-refractivity contribution in [2.24, 2.45) is 0 Å². The number of nitrogens with zero attached hydrogens (tertiary/aromatic N) is 2. The largest absolute Gasteiger partial charge is 0.377 e. The Hall–Kier alpha value is -2.02. The highest BCUT2D eigenvalue weighted by molar-refractivity contribution is 7.15. The van der Waals surface area contributed by atoms with E-state index in [2.05, 4.69) is 10.3 Å². The highest BCUT2D eigenvalue weighted by atomic mass is 32.1. The Morgan fingerprint density at radius 3 is 2.84 bits per heavy atom. The fraction of sp³-hybridized carbons (Fsp3) is 0.0833. The molecule has 1 aromatic carbocycles. The van der Waals surface area contributed by atoms with Gasteiger partial charge in [-0.15, -0.1) is 11.3 Å². The normalized spacial score (nSPS) is 11.1. The van der Waals surface area contributed by atoms with Crippen LogP contribution in [-0.2, 0) is 6.54 Å². The SMILES string of the molecule is Fc1ccc(NCc2cn3ccsc3n2)c(F)c1F. The summed E-state index contributed by atoms with van der Waals surface area (Å²) in [7, 11) is 0. The maximum Gasteiger partial charge on any atom is 0.196 e. The van der Waals surface area contributed by atoms with Crippen LogP contribution in [-0.4, -0.2) is 9.38 Å². The fourth-order valence-corrected chi connectivity index (χ4v) is 2.43. The molecule has 0 aliphatic heterocycles. The Labute approximate surface area is 110 Å². The monoisotopic (exact) mass is 283 g/mol. The Morgan fingerprint density at radius 2 is 2.05 bits per heavy atom. The number of anilines is 1. The van der Waals surface area contributed by atoms with Gasteiger partial charge in [-0.3, -0.25) is 4.40 Å². The summed E-state index contributed by atoms with van der Waals surface area (Å²) < 4.78 is 41.0. The van der Waals surface area contributed by atoms with Crippen molar-refractivity contribution < 1.29 is 13.2 Å². The van der Waals surface area contributed by atoms with E-state index in [0.717, 1.165) is 17.1 Å². The maximum atomic E-state index is 13.4. The van der Waals surface area contributed by atoms with Crippen LogP contribution in [0.2, 0.25) is 0 Å². The molecule has 0 fully saturated rings. The summed E-state index contributed by atoms with van der Waals surface area (Å²) in [6, 6.07) is 2.04. The van der Waals surface area contributed by atoms with E-state index in [0.29, 0.717) is 5.69 Å². The first-order chi connectivity index (χ1) is 9.15. The van der Waals surface area contributed by atoms with E-state index in [1.807, 2.05) is 16.0 Å². The van der Waals surface area contributed by atoms with Crippen LogP contribution in [0.5, 0.6) is 0 Å². The predicted octanol–water partition coefficient (Wildman–Crippen LogP) is 3.43. The summed E-state index contributed by atoms with van der Waals surface area (Å²) in [5.74, 6) is -3.90. The quantitative estimate of drug-likeness (QED) is 0.746. The third-order valence-corrected chi connectivity index (χ3v) is 3.41. The maximum absolute atomic E-state index is 13.4. The molecule has 0 amide bonds. The number of thiazole rings is 1. The van der Waals surface area contributed by atoms with Crippen LogP contribution >= 0.6 is 11.3 Å². The van der Waals surface area contributed by atoms with Gasteiger partial charge in [0.25, 0.3) is 0 Å². The smallest absolute Gasteiger partial charge is 0.196 e. The van der Waals surface area contributed by atoms with Gasteiger partial charge in [0.15, 0.2) is 22.4 Å². The second-order valence-corrected chi connectivity index (χ2v) is 4.77. The minimum absolute atomic E-state index is 0.0877. The van der Waals surface area contributed by atoms with Crippen molar-refractivity contribution in [3.8, 4) is 0 Å². The third-order valence-electron chi connectivity index (χ3n) is 2.64. The first kappa shape index (κ1) is 12.0. The van der Waals surface area contributed by atoms with Crippen molar-refractivity contribution in [3.63, 3.8) is 0 Å². The van der Waals surface area contributed by atoms with Gasteiger partial charge in [0.1, 0.15) is 0 Å². The van der Waals surface area contributed by atoms with Gasteiger partial charge >= 0.3 is 0 Å². The molecule has 0 unspecified atom stereocenters. The highest BCUT2D eigenvalue weighted by Crippen LogP contribution is 2.20. The van der Waals surface area contributed by atoms with Gasteiger partial charge in [0.2, 0.25) is 0 Å². The first-order valence-electron chi connectivity index (χ1n) is 5.43. The first-order valence-corrected chi connectivity index (χ1v) is 6.31. The van der Waals surface area contributed by atoms with E-state index in [-0.39, 0.29) is 12.2 Å². The standard InChI is InChI=1S/C12H8F3N3S/c13-8-1-2-9(11(15)10(8)14)16-5-7-6-18-3-4-19-12(18)17-7/h1-4,6,16H,5H2. The molecule has 3 rings (SSSR count). The number of fused-ring (bicyclic) bond motifs is 1. The van der Waals surface area contributed by atoms with E-state index in [1.54, 1.807) is 6.20 Å². The summed E-state index contributed by atoms with van der Waals surface area (Å²) in [4.78, 5) is 5.11. The average Bonchev–Trinajstić information content (AvgIpc) is 2.96. The summed E-state index contributed by atoms with van der Waals surface area (Å²) in [5.41, 5.74) is 0.603. The average molecular weight is 283 g/mol. The van der Waals surface area contributed by atoms with E-state index in [1.165, 1.54) is 11.3 Å². The number of nitrogens with one attached hydrogen (secondary N) is 1. The molecular formula is C12H8F3N3S. The van der Waals surface area contributed by atoms with Crippen LogP contribution in [0.4, 0.5) is 18.9 Å². The molecule has 0 saturated heterocycles. The van der Waals surface area contributed by atoms with Crippen LogP contribution in [0, 0.1) is 17.5 Å². The number of rotatable bonds is 3. The van der Waals surface area contributed by atoms with Crippen molar-refractivity contribution >= 4 is 22.0 Å². The number of aromatic nitrogens is 2. The molecule has 0 saturated carbocycles. The number of imidazole rings is 1. The molecule has 0 atom stereocenters. The number of halogens is 3. The van der Waals surface area contributed by atoms with Crippen molar-refractivity contribution in [1.82, 2.24) is 9.38 Å². The van der Waals surface area contributed by atoms with Crippen LogP contribution in [0.25, 0.3) is 4.96 Å². The van der Waals surface area contributed by atoms with Gasteiger partial charge in [0, 0.05) is 17.8 Å². The lowest BCUT2D eigenvalue weighted by Crippen LogP contribution is -2.04. The van der Waals surface area contributed by atoms with Crippen molar-refractivity contribution in [3.05, 3.63) is 53.1 Å². The molecule has 3 aromatic rings. The van der Waals surface area contributed by atoms with Crippen molar-refractivity contribution in [1.29, 1.82) is 0 Å². The molecular weight excluding hydrogens is 275 g/mol. The minimum atomic E-state index is -1.48. The summed E-state index contributed by atoms with van der Waals surface area (Å²) >= 11 is 1.48. The molecule has 19 heavy (non-hydrogen) atoms. The molecule has 2 heterocycles.